The van der Waals surface area contributed by atoms with Gasteiger partial charge in [-0.05, 0) is 78.1 Å². The van der Waals surface area contributed by atoms with E-state index in [-0.39, 0.29) is 0 Å². The highest BCUT2D eigenvalue weighted by atomic mass is 16.5. The predicted molar refractivity (Wildman–Crippen MR) is 133 cm³/mol. The van der Waals surface area contributed by atoms with Crippen molar-refractivity contribution in [1.29, 1.82) is 0 Å². The molecule has 2 N–H and O–H groups in total. The van der Waals surface area contributed by atoms with E-state index in [1.807, 2.05) is 18.2 Å². The molecule has 3 heterocycles. The van der Waals surface area contributed by atoms with Crippen LogP contribution in [0.1, 0.15) is 37.0 Å². The first-order chi connectivity index (χ1) is 16.1. The minimum absolute atomic E-state index is 0.327. The molecule has 0 amide bonds. The highest BCUT2D eigenvalue weighted by Gasteiger charge is 2.24. The van der Waals surface area contributed by atoms with Crippen molar-refractivity contribution in [1.82, 2.24) is 15.0 Å². The molecule has 4 aromatic rings. The summed E-state index contributed by atoms with van der Waals surface area (Å²) in [4.78, 5) is 15.3. The molecule has 0 unspecified atom stereocenters. The third-order valence-electron chi connectivity index (χ3n) is 6.02. The molecule has 0 fully saturated rings. The van der Waals surface area contributed by atoms with E-state index in [1.54, 1.807) is 18.7 Å². The molecule has 6 nitrogen and oxygen atoms in total. The molecule has 1 aliphatic heterocycles. The molecule has 0 atom stereocenters. The Morgan fingerprint density at radius 3 is 2.61 bits per heavy atom. The van der Waals surface area contributed by atoms with E-state index in [9.17, 15) is 0 Å². The Hall–Kier alpha value is -3.93. The molecular formula is C27H27N5O. The van der Waals surface area contributed by atoms with Gasteiger partial charge in [0.2, 0.25) is 0 Å². The second kappa shape index (κ2) is 8.90. The molecule has 33 heavy (non-hydrogen) atoms. The van der Waals surface area contributed by atoms with Crippen molar-refractivity contribution in [3.05, 3.63) is 90.0 Å². The number of nitrogens with two attached hydrogens (primary N) is 1. The number of hydrogen-bond acceptors (Lipinski definition) is 6. The minimum atomic E-state index is 0.327. The molecule has 1 aliphatic rings. The molecule has 2 aromatic carbocycles. The molecule has 5 rings (SSSR count). The largest absolute Gasteiger partial charge is 0.489 e. The number of aromatic nitrogens is 3. The van der Waals surface area contributed by atoms with Gasteiger partial charge in [-0.2, -0.15) is 0 Å². The first-order valence-corrected chi connectivity index (χ1v) is 11.2. The normalized spacial score (nSPS) is 13.5. The zero-order chi connectivity index (χ0) is 22.8. The van der Waals surface area contributed by atoms with Crippen LogP contribution in [-0.2, 0) is 6.61 Å². The second-order valence-electron chi connectivity index (χ2n) is 8.52. The standard InChI is InChI=1S/C27H27N5O/c1-18(2)32-13-3-4-24(25-26(28)30-17-31-27(25)32)22-6-5-21-15-23(8-7-20(21)14-22)33-16-19-9-11-29-12-10-19/h4-12,14-15,17-18H,3,13,16H2,1-2H3,(H2,28,30,31). The molecule has 0 spiro atoms. The number of benzene rings is 2. The molecule has 2 aromatic heterocycles. The second-order valence-corrected chi connectivity index (χ2v) is 8.52. The fourth-order valence-corrected chi connectivity index (χ4v) is 4.31. The Morgan fingerprint density at radius 2 is 1.79 bits per heavy atom. The van der Waals surface area contributed by atoms with Crippen LogP contribution in [-0.4, -0.2) is 27.5 Å². The van der Waals surface area contributed by atoms with Crippen LogP contribution in [0, 0.1) is 0 Å². The number of pyridine rings is 1. The van der Waals surface area contributed by atoms with E-state index >= 15 is 0 Å². The summed E-state index contributed by atoms with van der Waals surface area (Å²) < 4.78 is 5.98. The van der Waals surface area contributed by atoms with Gasteiger partial charge in [0.1, 0.15) is 30.3 Å². The maximum absolute atomic E-state index is 6.38. The topological polar surface area (TPSA) is 77.2 Å². The van der Waals surface area contributed by atoms with Gasteiger partial charge in [-0.15, -0.1) is 0 Å². The number of ether oxygens (including phenoxy) is 1. The van der Waals surface area contributed by atoms with Crippen LogP contribution in [0.25, 0.3) is 16.3 Å². The summed E-state index contributed by atoms with van der Waals surface area (Å²) in [5, 5.41) is 2.27. The predicted octanol–water partition coefficient (Wildman–Crippen LogP) is 5.24. The van der Waals surface area contributed by atoms with Gasteiger partial charge < -0.3 is 15.4 Å². The molecule has 0 bridgehead atoms. The maximum atomic E-state index is 6.38. The van der Waals surface area contributed by atoms with Crippen molar-refractivity contribution in [3.8, 4) is 5.75 Å². The van der Waals surface area contributed by atoms with Crippen molar-refractivity contribution in [2.75, 3.05) is 17.2 Å². The van der Waals surface area contributed by atoms with Crippen molar-refractivity contribution < 1.29 is 4.74 Å². The van der Waals surface area contributed by atoms with Crippen LogP contribution in [0.3, 0.4) is 0 Å². The van der Waals surface area contributed by atoms with Crippen molar-refractivity contribution in [2.45, 2.75) is 32.9 Å². The van der Waals surface area contributed by atoms with Crippen LogP contribution >= 0.6 is 0 Å². The van der Waals surface area contributed by atoms with Gasteiger partial charge in [0.15, 0.2) is 0 Å². The van der Waals surface area contributed by atoms with Crippen molar-refractivity contribution in [2.24, 2.45) is 0 Å². The lowest BCUT2D eigenvalue weighted by atomic mass is 9.95. The molecule has 166 valence electrons. The highest BCUT2D eigenvalue weighted by molar-refractivity contribution is 5.94. The first-order valence-electron chi connectivity index (χ1n) is 11.2. The average Bonchev–Trinajstić information content (AvgIpc) is 3.04. The fraction of sp³-hybridized carbons (Fsp3) is 0.222. The number of nitrogens with zero attached hydrogens (tertiary/aromatic N) is 4. The van der Waals surface area contributed by atoms with E-state index < -0.39 is 0 Å². The Morgan fingerprint density at radius 1 is 1.00 bits per heavy atom. The Bertz CT molecular complexity index is 1320. The molecule has 0 radical (unpaired) electrons. The van der Waals surface area contributed by atoms with Crippen LogP contribution < -0.4 is 15.4 Å². The van der Waals surface area contributed by atoms with Gasteiger partial charge in [-0.3, -0.25) is 4.98 Å². The van der Waals surface area contributed by atoms with E-state index in [0.29, 0.717) is 18.5 Å². The summed E-state index contributed by atoms with van der Waals surface area (Å²) in [5.74, 6) is 2.26. The third kappa shape index (κ3) is 4.24. The smallest absolute Gasteiger partial charge is 0.142 e. The number of fused-ring (bicyclic) bond motifs is 2. The van der Waals surface area contributed by atoms with E-state index in [4.69, 9.17) is 10.5 Å². The van der Waals surface area contributed by atoms with E-state index in [0.717, 1.165) is 57.6 Å². The van der Waals surface area contributed by atoms with Gasteiger partial charge in [0.05, 0.1) is 5.56 Å². The molecule has 0 aliphatic carbocycles. The molecule has 6 heteroatoms. The Balaban J connectivity index is 1.47. The lowest BCUT2D eigenvalue weighted by Crippen LogP contribution is -2.32. The number of hydrogen-bond donors (Lipinski definition) is 1. The van der Waals surface area contributed by atoms with Crippen LogP contribution in [0.2, 0.25) is 0 Å². The molecular weight excluding hydrogens is 410 g/mol. The first kappa shape index (κ1) is 20.9. The van der Waals surface area contributed by atoms with Crippen molar-refractivity contribution >= 4 is 28.0 Å². The number of rotatable bonds is 5. The van der Waals surface area contributed by atoms with Gasteiger partial charge in [-0.25, -0.2) is 9.97 Å². The van der Waals surface area contributed by atoms with E-state index in [2.05, 4.69) is 70.1 Å². The van der Waals surface area contributed by atoms with E-state index in [1.165, 1.54) is 0 Å². The third-order valence-corrected chi connectivity index (χ3v) is 6.02. The zero-order valence-corrected chi connectivity index (χ0v) is 18.9. The van der Waals surface area contributed by atoms with Crippen LogP contribution in [0.15, 0.2) is 73.3 Å². The average molecular weight is 438 g/mol. The number of nitrogen functional groups attached to an aromatic ring is 1. The minimum Gasteiger partial charge on any atom is -0.489 e. The lowest BCUT2D eigenvalue weighted by Gasteiger charge is -2.28. The highest BCUT2D eigenvalue weighted by Crippen LogP contribution is 2.38. The van der Waals surface area contributed by atoms with Crippen LogP contribution in [0.4, 0.5) is 11.6 Å². The van der Waals surface area contributed by atoms with Gasteiger partial charge in [0, 0.05) is 25.0 Å². The maximum Gasteiger partial charge on any atom is 0.142 e. The Labute approximate surface area is 193 Å². The summed E-state index contributed by atoms with van der Waals surface area (Å²) in [7, 11) is 0. The zero-order valence-electron chi connectivity index (χ0n) is 18.9. The van der Waals surface area contributed by atoms with Crippen LogP contribution in [0.5, 0.6) is 5.75 Å². The molecule has 0 saturated carbocycles. The summed E-state index contributed by atoms with van der Waals surface area (Å²) in [6.45, 7) is 5.77. The monoisotopic (exact) mass is 437 g/mol. The van der Waals surface area contributed by atoms with Crippen molar-refractivity contribution in [3.63, 3.8) is 0 Å². The van der Waals surface area contributed by atoms with Gasteiger partial charge in [-0.1, -0.05) is 24.3 Å². The molecule has 0 saturated heterocycles. The summed E-state index contributed by atoms with van der Waals surface area (Å²) in [6, 6.07) is 16.9. The van der Waals surface area contributed by atoms with Gasteiger partial charge in [0.25, 0.3) is 0 Å². The Kier molecular flexibility index (Phi) is 5.65. The summed E-state index contributed by atoms with van der Waals surface area (Å²) >= 11 is 0. The fourth-order valence-electron chi connectivity index (χ4n) is 4.31. The number of anilines is 2. The SMILES string of the molecule is CC(C)N1CCC=C(c2ccc3cc(OCc4ccncc4)ccc3c2)c2c(N)ncnc21. The summed E-state index contributed by atoms with van der Waals surface area (Å²) in [6.07, 6.45) is 8.29. The summed E-state index contributed by atoms with van der Waals surface area (Å²) in [5.41, 5.74) is 10.6. The quantitative estimate of drug-likeness (QED) is 0.460. The lowest BCUT2D eigenvalue weighted by molar-refractivity contribution is 0.306. The van der Waals surface area contributed by atoms with Gasteiger partial charge >= 0.3 is 0 Å².